The molecule has 9 heteroatoms. The maximum Gasteiger partial charge on any atom is 0.416 e. The molecule has 0 saturated heterocycles. The van der Waals surface area contributed by atoms with Crippen LogP contribution < -0.4 is 4.90 Å². The largest absolute Gasteiger partial charge is 0.416 e. The third kappa shape index (κ3) is 3.79. The van der Waals surface area contributed by atoms with E-state index in [1.807, 2.05) is 30.1 Å². The zero-order valence-corrected chi connectivity index (χ0v) is 15.2. The first kappa shape index (κ1) is 18.6. The average molecular weight is 396 g/mol. The first-order valence-corrected chi connectivity index (χ1v) is 8.62. The monoisotopic (exact) mass is 396 g/mol. The van der Waals surface area contributed by atoms with Crippen molar-refractivity contribution < 1.29 is 13.2 Å². The maximum atomic E-state index is 12.8. The van der Waals surface area contributed by atoms with E-state index in [0.29, 0.717) is 28.6 Å². The van der Waals surface area contributed by atoms with Crippen LogP contribution >= 0.6 is 0 Å². The highest BCUT2D eigenvalue weighted by molar-refractivity contribution is 5.76. The van der Waals surface area contributed by atoms with Crippen molar-refractivity contribution in [1.29, 1.82) is 0 Å². The molecule has 0 radical (unpaired) electrons. The van der Waals surface area contributed by atoms with Crippen molar-refractivity contribution in [2.75, 3.05) is 11.9 Å². The number of aromatic nitrogens is 5. The number of halogens is 3. The Morgan fingerprint density at radius 3 is 2.41 bits per heavy atom. The molecule has 0 amide bonds. The molecule has 0 atom stereocenters. The van der Waals surface area contributed by atoms with E-state index >= 15 is 0 Å². The van der Waals surface area contributed by atoms with E-state index in [1.165, 1.54) is 12.1 Å². The molecule has 0 aliphatic rings. The summed E-state index contributed by atoms with van der Waals surface area (Å²) in [6.45, 7) is 0. The summed E-state index contributed by atoms with van der Waals surface area (Å²) in [6.07, 6.45) is 0.680. The molecule has 4 rings (SSSR count). The van der Waals surface area contributed by atoms with Crippen molar-refractivity contribution in [3.8, 4) is 22.8 Å². The fourth-order valence-corrected chi connectivity index (χ4v) is 2.84. The topological polar surface area (TPSA) is 70.6 Å². The van der Waals surface area contributed by atoms with Crippen molar-refractivity contribution in [3.63, 3.8) is 0 Å². The van der Waals surface area contributed by atoms with Crippen molar-refractivity contribution in [3.05, 3.63) is 72.7 Å². The minimum atomic E-state index is -4.38. The maximum absolute atomic E-state index is 12.8. The molecule has 146 valence electrons. The van der Waals surface area contributed by atoms with E-state index in [-0.39, 0.29) is 0 Å². The summed E-state index contributed by atoms with van der Waals surface area (Å²) in [7, 11) is 1.86. The second-order valence-corrected chi connectivity index (χ2v) is 6.23. The minimum absolute atomic E-state index is 0.299. The van der Waals surface area contributed by atoms with Crippen molar-refractivity contribution in [2.24, 2.45) is 0 Å². The first-order chi connectivity index (χ1) is 13.9. The molecule has 0 bridgehead atoms. The molecule has 3 aromatic heterocycles. The molecule has 4 aromatic rings. The van der Waals surface area contributed by atoms with Gasteiger partial charge in [-0.15, -0.1) is 0 Å². The van der Waals surface area contributed by atoms with E-state index in [0.717, 1.165) is 17.8 Å². The quantitative estimate of drug-likeness (QED) is 0.541. The number of hydrogen-bond acceptors (Lipinski definition) is 5. The molecular weight excluding hydrogens is 381 g/mol. The Kier molecular flexibility index (Phi) is 4.71. The highest BCUT2D eigenvalue weighted by Gasteiger charge is 2.30. The van der Waals surface area contributed by atoms with Gasteiger partial charge in [-0.2, -0.15) is 18.3 Å². The van der Waals surface area contributed by atoms with Gasteiger partial charge in [0.25, 0.3) is 0 Å². The van der Waals surface area contributed by atoms with Gasteiger partial charge in [-0.25, -0.2) is 9.97 Å². The zero-order valence-electron chi connectivity index (χ0n) is 15.2. The Morgan fingerprint density at radius 1 is 0.966 bits per heavy atom. The van der Waals surface area contributed by atoms with E-state index < -0.39 is 11.7 Å². The number of hydrogen-bond donors (Lipinski definition) is 1. The lowest BCUT2D eigenvalue weighted by Gasteiger charge is -2.19. The lowest BCUT2D eigenvalue weighted by atomic mass is 10.1. The number of anilines is 2. The molecule has 0 fully saturated rings. The van der Waals surface area contributed by atoms with Crippen LogP contribution in [0.1, 0.15) is 5.56 Å². The predicted molar refractivity (Wildman–Crippen MR) is 102 cm³/mol. The zero-order chi connectivity index (χ0) is 20.4. The number of benzene rings is 1. The average Bonchev–Trinajstić information content (AvgIpc) is 3.23. The molecule has 0 saturated carbocycles. The van der Waals surface area contributed by atoms with Gasteiger partial charge in [-0.3, -0.25) is 10.1 Å². The van der Waals surface area contributed by atoms with Crippen LogP contribution in [-0.2, 0) is 6.18 Å². The standard InChI is InChI=1S/C20H15F3N6/c1-29(15-4-2-10-24-12-15)19-16(5-3-11-25-19)18-26-17(27-28-18)13-6-8-14(9-7-13)20(21,22)23/h2-12H,1H3,(H,26,27,28). The second kappa shape index (κ2) is 7.34. The van der Waals surface area contributed by atoms with Crippen molar-refractivity contribution in [2.45, 2.75) is 6.18 Å². The molecular formula is C20H15F3N6. The van der Waals surface area contributed by atoms with Crippen LogP contribution in [0.15, 0.2) is 67.1 Å². The van der Waals surface area contributed by atoms with Crippen LogP contribution in [0.5, 0.6) is 0 Å². The highest BCUT2D eigenvalue weighted by Crippen LogP contribution is 2.32. The highest BCUT2D eigenvalue weighted by atomic mass is 19.4. The Morgan fingerprint density at radius 2 is 1.72 bits per heavy atom. The fraction of sp³-hybridized carbons (Fsp3) is 0.100. The third-order valence-electron chi connectivity index (χ3n) is 4.35. The summed E-state index contributed by atoms with van der Waals surface area (Å²) >= 11 is 0. The van der Waals surface area contributed by atoms with Crippen LogP contribution in [-0.4, -0.2) is 32.2 Å². The number of rotatable bonds is 4. The van der Waals surface area contributed by atoms with Gasteiger partial charge in [0.05, 0.1) is 23.0 Å². The molecule has 29 heavy (non-hydrogen) atoms. The fourth-order valence-electron chi connectivity index (χ4n) is 2.84. The van der Waals surface area contributed by atoms with E-state index in [1.54, 1.807) is 24.7 Å². The molecule has 0 aliphatic carbocycles. The summed E-state index contributed by atoms with van der Waals surface area (Å²) in [6, 6.07) is 12.1. The molecule has 0 spiro atoms. The van der Waals surface area contributed by atoms with Crippen LogP contribution in [0.25, 0.3) is 22.8 Å². The lowest BCUT2D eigenvalue weighted by molar-refractivity contribution is -0.137. The van der Waals surface area contributed by atoms with Crippen LogP contribution in [0.2, 0.25) is 0 Å². The predicted octanol–water partition coefficient (Wildman–Crippen LogP) is 4.72. The minimum Gasteiger partial charge on any atom is -0.328 e. The summed E-state index contributed by atoms with van der Waals surface area (Å²) in [5, 5.41) is 7.00. The summed E-state index contributed by atoms with van der Waals surface area (Å²) in [4.78, 5) is 14.9. The summed E-state index contributed by atoms with van der Waals surface area (Å²) < 4.78 is 38.3. The van der Waals surface area contributed by atoms with Gasteiger partial charge in [0.1, 0.15) is 5.82 Å². The number of aromatic amines is 1. The Bertz CT molecular complexity index is 1110. The SMILES string of the molecule is CN(c1cccnc1)c1ncccc1-c1nc(-c2ccc(C(F)(F)F)cc2)n[nH]1. The van der Waals surface area contributed by atoms with Crippen LogP contribution in [0, 0.1) is 0 Å². The van der Waals surface area contributed by atoms with Gasteiger partial charge in [0.15, 0.2) is 11.6 Å². The van der Waals surface area contributed by atoms with Gasteiger partial charge >= 0.3 is 6.18 Å². The molecule has 0 unspecified atom stereocenters. The molecule has 1 N–H and O–H groups in total. The normalized spacial score (nSPS) is 11.4. The molecule has 0 aliphatic heterocycles. The molecule has 6 nitrogen and oxygen atoms in total. The van der Waals surface area contributed by atoms with Crippen LogP contribution in [0.3, 0.4) is 0 Å². The van der Waals surface area contributed by atoms with Crippen LogP contribution in [0.4, 0.5) is 24.7 Å². The number of nitrogens with one attached hydrogen (secondary N) is 1. The van der Waals surface area contributed by atoms with E-state index in [4.69, 9.17) is 0 Å². The third-order valence-corrected chi connectivity index (χ3v) is 4.35. The number of H-pyrrole nitrogens is 1. The molecule has 3 heterocycles. The Labute approximate surface area is 164 Å². The summed E-state index contributed by atoms with van der Waals surface area (Å²) in [5.74, 6) is 1.39. The number of pyridine rings is 2. The summed E-state index contributed by atoms with van der Waals surface area (Å²) in [5.41, 5.74) is 1.30. The number of alkyl halides is 3. The molecule has 1 aromatic carbocycles. The smallest absolute Gasteiger partial charge is 0.328 e. The lowest BCUT2D eigenvalue weighted by Crippen LogP contribution is -2.12. The Balaban J connectivity index is 1.67. The van der Waals surface area contributed by atoms with E-state index in [9.17, 15) is 13.2 Å². The van der Waals surface area contributed by atoms with Gasteiger partial charge in [-0.05, 0) is 36.4 Å². The van der Waals surface area contributed by atoms with E-state index in [2.05, 4.69) is 25.1 Å². The van der Waals surface area contributed by atoms with Gasteiger partial charge < -0.3 is 4.90 Å². The van der Waals surface area contributed by atoms with Crippen molar-refractivity contribution in [1.82, 2.24) is 25.1 Å². The first-order valence-electron chi connectivity index (χ1n) is 8.62. The van der Waals surface area contributed by atoms with Gasteiger partial charge in [-0.1, -0.05) is 12.1 Å². The number of nitrogens with zero attached hydrogens (tertiary/aromatic N) is 5. The Hall–Kier alpha value is -3.75. The van der Waals surface area contributed by atoms with Gasteiger partial charge in [0, 0.05) is 25.0 Å². The van der Waals surface area contributed by atoms with Crippen molar-refractivity contribution >= 4 is 11.5 Å². The second-order valence-electron chi connectivity index (χ2n) is 6.23. The van der Waals surface area contributed by atoms with Gasteiger partial charge in [0.2, 0.25) is 0 Å².